The predicted molar refractivity (Wildman–Crippen MR) is 327 cm³/mol. The van der Waals surface area contributed by atoms with E-state index in [0.717, 1.165) is 72.8 Å². The Hall–Kier alpha value is -10.0. The number of allylic oxidation sites excluding steroid dienone is 4. The van der Waals surface area contributed by atoms with E-state index in [9.17, 15) is 10.5 Å². The van der Waals surface area contributed by atoms with Gasteiger partial charge in [0, 0.05) is 72.0 Å². The molecule has 4 aromatic heterocycles. The van der Waals surface area contributed by atoms with Gasteiger partial charge in [0.05, 0.1) is 55.6 Å². The molecule has 0 radical (unpaired) electrons. The molecule has 0 saturated heterocycles. The average molecular weight is 1020 g/mol. The Morgan fingerprint density at radius 2 is 0.848 bits per heavy atom. The van der Waals surface area contributed by atoms with Gasteiger partial charge in [-0.3, -0.25) is 4.98 Å². The second kappa shape index (κ2) is 18.3. The Labute approximate surface area is 459 Å². The highest BCUT2D eigenvalue weighted by molar-refractivity contribution is 6.12. The first-order valence-electron chi connectivity index (χ1n) is 27.1. The fraction of sp³-hybridized carbons (Fsp3) is 0.110. The zero-order valence-corrected chi connectivity index (χ0v) is 45.0. The number of hydrogen-bond acceptors (Lipinski definition) is 3. The maximum Gasteiger partial charge on any atom is 0.101 e. The monoisotopic (exact) mass is 1010 g/mol. The lowest BCUT2D eigenvalue weighted by atomic mass is 9.83. The number of rotatable bonds is 7. The third-order valence-electron chi connectivity index (χ3n) is 16.4. The molecule has 79 heavy (non-hydrogen) atoms. The van der Waals surface area contributed by atoms with Crippen LogP contribution in [0, 0.1) is 64.2 Å². The molecular weight excluding hydrogens is 961 g/mol. The minimum absolute atomic E-state index is 0.146. The Morgan fingerprint density at radius 1 is 0.430 bits per heavy atom. The molecule has 0 amide bonds. The van der Waals surface area contributed by atoms with Gasteiger partial charge in [-0.2, -0.15) is 10.5 Å². The van der Waals surface area contributed by atoms with Crippen LogP contribution in [-0.2, 0) is 0 Å². The summed E-state index contributed by atoms with van der Waals surface area (Å²) in [5.41, 5.74) is 24.3. The minimum atomic E-state index is -0.146. The highest BCUT2D eigenvalue weighted by Crippen LogP contribution is 2.46. The van der Waals surface area contributed by atoms with E-state index >= 15 is 0 Å². The van der Waals surface area contributed by atoms with E-state index in [1.807, 2.05) is 12.1 Å². The Morgan fingerprint density at radius 3 is 1.24 bits per heavy atom. The van der Waals surface area contributed by atoms with Gasteiger partial charge in [0.15, 0.2) is 0 Å². The second-order valence-electron chi connectivity index (χ2n) is 21.8. The van der Waals surface area contributed by atoms with Gasteiger partial charge >= 0.3 is 0 Å². The Balaban J connectivity index is 0.972. The van der Waals surface area contributed by atoms with Crippen LogP contribution >= 0.6 is 0 Å². The standard InChI is InChI=1S/C73H54N6/c1-43-10-28-66-57(34-43)58-35-44(2)11-29-67(58)77(66)53-22-16-49(17-23-53)65-40-63(56-9-7-8-52(41-74)64(56)42-75)72(50-18-24-54(25-19-50)78-68-30-12-45(3)36-59(68)60-37-46(4)13-31-69(60)78)73(76-65)51-20-26-55(27-21-51)79-70-32-14-47(5)38-61(70)62-39-48(6)15-33-71(62)79/h7-20,22-40,51H,21H2,1-6H3. The summed E-state index contributed by atoms with van der Waals surface area (Å²) in [6, 6.07) is 70.4. The molecule has 1 unspecified atom stereocenters. The number of nitriles is 2. The first-order chi connectivity index (χ1) is 38.5. The lowest BCUT2D eigenvalue weighted by Gasteiger charge is -2.24. The fourth-order valence-corrected chi connectivity index (χ4v) is 12.6. The van der Waals surface area contributed by atoms with Crippen molar-refractivity contribution >= 4 is 71.1 Å². The number of hydrogen-bond donors (Lipinski definition) is 0. The van der Waals surface area contributed by atoms with Crippen molar-refractivity contribution < 1.29 is 0 Å². The predicted octanol–water partition coefficient (Wildman–Crippen LogP) is 18.6. The second-order valence-corrected chi connectivity index (χ2v) is 21.8. The van der Waals surface area contributed by atoms with Crippen molar-refractivity contribution in [2.24, 2.45) is 0 Å². The number of benzene rings is 9. The molecule has 0 fully saturated rings. The molecule has 13 aromatic rings. The van der Waals surface area contributed by atoms with Crippen LogP contribution in [0.2, 0.25) is 0 Å². The van der Waals surface area contributed by atoms with E-state index in [1.54, 1.807) is 6.07 Å². The van der Waals surface area contributed by atoms with Crippen molar-refractivity contribution in [1.82, 2.24) is 18.7 Å². The molecule has 6 nitrogen and oxygen atoms in total. The fourth-order valence-electron chi connectivity index (χ4n) is 12.6. The number of nitrogens with zero attached hydrogens (tertiary/aromatic N) is 6. The molecule has 0 aliphatic heterocycles. The SMILES string of the molecule is Cc1ccc2c(c1)c1cc(C)ccc1n2C1=CCC(c2nc(-c3ccc(-n4c5ccc(C)cc5c5cc(C)ccc54)cc3)cc(-c3cccc(C#N)c3C#N)c2-c2ccc(-n3c4ccc(C)cc4c4cc(C)ccc43)cc2)C=C1. The number of aryl methyl sites for hydroxylation is 6. The zero-order valence-electron chi connectivity index (χ0n) is 45.0. The van der Waals surface area contributed by atoms with Gasteiger partial charge in [-0.15, -0.1) is 0 Å². The summed E-state index contributed by atoms with van der Waals surface area (Å²) >= 11 is 0. The molecule has 4 heterocycles. The van der Waals surface area contributed by atoms with Gasteiger partial charge in [-0.1, -0.05) is 118 Å². The van der Waals surface area contributed by atoms with Crippen molar-refractivity contribution in [3.05, 3.63) is 250 Å². The van der Waals surface area contributed by atoms with E-state index in [2.05, 4.69) is 249 Å². The molecule has 1 atom stereocenters. The first kappa shape index (κ1) is 47.4. The minimum Gasteiger partial charge on any atom is -0.310 e. The molecule has 0 saturated carbocycles. The third-order valence-corrected chi connectivity index (χ3v) is 16.4. The topological polar surface area (TPSA) is 75.3 Å². The molecule has 0 spiro atoms. The van der Waals surface area contributed by atoms with Crippen LogP contribution in [0.15, 0.2) is 200 Å². The highest BCUT2D eigenvalue weighted by Gasteiger charge is 2.27. The van der Waals surface area contributed by atoms with Crippen molar-refractivity contribution in [2.45, 2.75) is 53.9 Å². The van der Waals surface area contributed by atoms with Crippen LogP contribution in [0.4, 0.5) is 0 Å². The Bertz CT molecular complexity index is 4710. The zero-order chi connectivity index (χ0) is 53.8. The van der Waals surface area contributed by atoms with Gasteiger partial charge in [0.2, 0.25) is 0 Å². The largest absolute Gasteiger partial charge is 0.310 e. The third kappa shape index (κ3) is 7.71. The maximum atomic E-state index is 11.0. The molecule has 1 aliphatic carbocycles. The molecule has 14 rings (SSSR count). The molecule has 0 bridgehead atoms. The normalized spacial score (nSPS) is 13.5. The summed E-state index contributed by atoms with van der Waals surface area (Å²) in [6.45, 7) is 12.9. The lowest BCUT2D eigenvalue weighted by Crippen LogP contribution is -2.08. The summed E-state index contributed by atoms with van der Waals surface area (Å²) < 4.78 is 7.11. The summed E-state index contributed by atoms with van der Waals surface area (Å²) in [4.78, 5) is 5.77. The van der Waals surface area contributed by atoms with E-state index in [0.29, 0.717) is 23.1 Å². The summed E-state index contributed by atoms with van der Waals surface area (Å²) in [5.74, 6) is -0.146. The van der Waals surface area contributed by atoms with Gasteiger partial charge in [0.25, 0.3) is 0 Å². The van der Waals surface area contributed by atoms with Crippen LogP contribution < -0.4 is 0 Å². The maximum absolute atomic E-state index is 11.0. The van der Waals surface area contributed by atoms with E-state index in [4.69, 9.17) is 4.98 Å². The number of pyridine rings is 1. The van der Waals surface area contributed by atoms with E-state index in [-0.39, 0.29) is 5.92 Å². The van der Waals surface area contributed by atoms with E-state index < -0.39 is 0 Å². The highest BCUT2D eigenvalue weighted by atomic mass is 15.0. The smallest absolute Gasteiger partial charge is 0.101 e. The molecule has 9 aromatic carbocycles. The summed E-state index contributed by atoms with van der Waals surface area (Å²) in [6.07, 6.45) is 7.62. The van der Waals surface area contributed by atoms with Crippen LogP contribution in [0.25, 0.3) is 116 Å². The quantitative estimate of drug-likeness (QED) is 0.160. The van der Waals surface area contributed by atoms with Crippen molar-refractivity contribution in [3.63, 3.8) is 0 Å². The lowest BCUT2D eigenvalue weighted by molar-refractivity contribution is 0.817. The first-order valence-corrected chi connectivity index (χ1v) is 27.1. The van der Waals surface area contributed by atoms with Crippen LogP contribution in [0.1, 0.15) is 62.5 Å². The van der Waals surface area contributed by atoms with Gasteiger partial charge in [-0.05, 0) is 174 Å². The van der Waals surface area contributed by atoms with Gasteiger partial charge < -0.3 is 13.7 Å². The Kier molecular flexibility index (Phi) is 11.0. The average Bonchev–Trinajstić information content (AvgIpc) is 4.28. The van der Waals surface area contributed by atoms with Crippen LogP contribution in [0.5, 0.6) is 0 Å². The molecule has 376 valence electrons. The van der Waals surface area contributed by atoms with Gasteiger partial charge in [-0.25, -0.2) is 0 Å². The van der Waals surface area contributed by atoms with Crippen molar-refractivity contribution in [1.29, 1.82) is 10.5 Å². The molecule has 6 heteroatoms. The summed E-state index contributed by atoms with van der Waals surface area (Å²) in [5, 5.41) is 28.9. The summed E-state index contributed by atoms with van der Waals surface area (Å²) in [7, 11) is 0. The van der Waals surface area contributed by atoms with Gasteiger partial charge in [0.1, 0.15) is 12.1 Å². The molecule has 0 N–H and O–H groups in total. The van der Waals surface area contributed by atoms with Crippen LogP contribution in [0.3, 0.4) is 0 Å². The number of aromatic nitrogens is 4. The number of fused-ring (bicyclic) bond motifs is 9. The molecule has 1 aliphatic rings. The molecular formula is C73H54N6. The van der Waals surface area contributed by atoms with E-state index in [1.165, 1.54) is 76.7 Å². The van der Waals surface area contributed by atoms with Crippen molar-refractivity contribution in [3.8, 4) is 57.0 Å². The van der Waals surface area contributed by atoms with Crippen molar-refractivity contribution in [2.75, 3.05) is 0 Å². The van der Waals surface area contributed by atoms with Crippen LogP contribution in [-0.4, -0.2) is 18.7 Å².